The molecule has 0 aliphatic carbocycles. The maximum Gasteiger partial charge on any atom is 0.375 e. The normalized spacial score (nSPS) is 11.9. The summed E-state index contributed by atoms with van der Waals surface area (Å²) >= 11 is 5.76. The third kappa shape index (κ3) is 4.26. The molecule has 3 rings (SSSR count). The van der Waals surface area contributed by atoms with Gasteiger partial charge in [0.05, 0.1) is 11.6 Å². The van der Waals surface area contributed by atoms with Gasteiger partial charge in [0.1, 0.15) is 17.2 Å². The van der Waals surface area contributed by atoms with Gasteiger partial charge < -0.3 is 19.2 Å². The number of fused-ring (bicyclic) bond motifs is 1. The van der Waals surface area contributed by atoms with Crippen molar-refractivity contribution in [3.8, 4) is 5.75 Å². The highest BCUT2D eigenvalue weighted by molar-refractivity contribution is 6.30. The maximum atomic E-state index is 12.5. The molecule has 0 saturated heterocycles. The van der Waals surface area contributed by atoms with Gasteiger partial charge in [-0.25, -0.2) is 9.78 Å². The molecule has 7 nitrogen and oxygen atoms in total. The zero-order chi connectivity index (χ0) is 20.3. The first-order valence-corrected chi connectivity index (χ1v) is 9.06. The van der Waals surface area contributed by atoms with E-state index >= 15 is 0 Å². The third-order valence-corrected chi connectivity index (χ3v) is 4.26. The van der Waals surface area contributed by atoms with Crippen molar-refractivity contribution in [3.63, 3.8) is 0 Å². The second-order valence-electron chi connectivity index (χ2n) is 6.05. The predicted molar refractivity (Wildman–Crippen MR) is 105 cm³/mol. The number of esters is 1. The van der Waals surface area contributed by atoms with Gasteiger partial charge in [0.15, 0.2) is 6.10 Å². The Morgan fingerprint density at radius 3 is 2.75 bits per heavy atom. The first-order valence-electron chi connectivity index (χ1n) is 8.68. The van der Waals surface area contributed by atoms with Gasteiger partial charge in [-0.15, -0.1) is 0 Å². The van der Waals surface area contributed by atoms with E-state index in [9.17, 15) is 9.59 Å². The van der Waals surface area contributed by atoms with E-state index in [1.807, 2.05) is 6.92 Å². The number of ether oxygens (including phenoxy) is 2. The Balaban J connectivity index is 1.72. The van der Waals surface area contributed by atoms with Crippen molar-refractivity contribution in [1.82, 2.24) is 4.98 Å². The van der Waals surface area contributed by atoms with Gasteiger partial charge in [0.25, 0.3) is 5.91 Å². The van der Waals surface area contributed by atoms with E-state index in [0.717, 1.165) is 5.39 Å². The van der Waals surface area contributed by atoms with Crippen molar-refractivity contribution in [2.45, 2.75) is 26.9 Å². The number of benzene rings is 1. The van der Waals surface area contributed by atoms with Crippen LogP contribution in [0.4, 0.5) is 5.82 Å². The summed E-state index contributed by atoms with van der Waals surface area (Å²) in [5, 5.41) is 3.76. The molecule has 2 aromatic heterocycles. The summed E-state index contributed by atoms with van der Waals surface area (Å²) in [5.41, 5.74) is 1.16. The van der Waals surface area contributed by atoms with Gasteiger partial charge in [0, 0.05) is 17.1 Å². The van der Waals surface area contributed by atoms with E-state index < -0.39 is 18.0 Å². The number of aryl methyl sites for hydroxylation is 1. The molecule has 1 amide bonds. The first-order chi connectivity index (χ1) is 13.4. The van der Waals surface area contributed by atoms with Crippen molar-refractivity contribution in [2.24, 2.45) is 0 Å². The van der Waals surface area contributed by atoms with Gasteiger partial charge in [-0.3, -0.25) is 4.79 Å². The summed E-state index contributed by atoms with van der Waals surface area (Å²) in [6.07, 6.45) is 0.360. The highest BCUT2D eigenvalue weighted by Crippen LogP contribution is 2.29. The fraction of sp³-hybridized carbons (Fsp3) is 0.250. The van der Waals surface area contributed by atoms with Crippen LogP contribution in [0.3, 0.4) is 0 Å². The molecule has 1 N–H and O–H groups in total. The molecule has 0 saturated carbocycles. The first kappa shape index (κ1) is 19.7. The fourth-order valence-corrected chi connectivity index (χ4v) is 2.71. The van der Waals surface area contributed by atoms with Crippen LogP contribution in [-0.2, 0) is 9.53 Å². The minimum atomic E-state index is -1.04. The summed E-state index contributed by atoms with van der Waals surface area (Å²) in [6.45, 7) is 5.64. The summed E-state index contributed by atoms with van der Waals surface area (Å²) in [6, 6.07) is 8.44. The van der Waals surface area contributed by atoms with Crippen LogP contribution >= 0.6 is 11.6 Å². The molecule has 0 spiro atoms. The predicted octanol–water partition coefficient (Wildman–Crippen LogP) is 4.37. The molecule has 0 aliphatic heterocycles. The zero-order valence-electron chi connectivity index (χ0n) is 15.6. The van der Waals surface area contributed by atoms with Crippen LogP contribution in [0.25, 0.3) is 11.0 Å². The zero-order valence-corrected chi connectivity index (χ0v) is 16.4. The van der Waals surface area contributed by atoms with Crippen LogP contribution in [-0.4, -0.2) is 29.6 Å². The van der Waals surface area contributed by atoms with Crippen LogP contribution in [0.5, 0.6) is 5.75 Å². The topological polar surface area (TPSA) is 90.7 Å². The van der Waals surface area contributed by atoms with Gasteiger partial charge in [-0.05, 0) is 51.1 Å². The van der Waals surface area contributed by atoms with E-state index in [-0.39, 0.29) is 5.76 Å². The molecule has 1 atom stereocenters. The van der Waals surface area contributed by atoms with Gasteiger partial charge in [-0.2, -0.15) is 0 Å². The van der Waals surface area contributed by atoms with Crippen LogP contribution in [0.2, 0.25) is 5.02 Å². The summed E-state index contributed by atoms with van der Waals surface area (Å²) in [7, 11) is 0. The Morgan fingerprint density at radius 2 is 2.07 bits per heavy atom. The van der Waals surface area contributed by atoms with Crippen molar-refractivity contribution in [1.29, 1.82) is 0 Å². The summed E-state index contributed by atoms with van der Waals surface area (Å²) in [4.78, 5) is 28.7. The van der Waals surface area contributed by atoms with E-state index in [0.29, 0.717) is 34.3 Å². The molecule has 28 heavy (non-hydrogen) atoms. The molecule has 146 valence electrons. The highest BCUT2D eigenvalue weighted by atomic mass is 35.5. The molecule has 0 fully saturated rings. The molecule has 2 heterocycles. The van der Waals surface area contributed by atoms with E-state index in [1.54, 1.807) is 37.3 Å². The summed E-state index contributed by atoms with van der Waals surface area (Å²) < 4.78 is 16.3. The van der Waals surface area contributed by atoms with Gasteiger partial charge in [0.2, 0.25) is 5.76 Å². The number of nitrogens with one attached hydrogen (secondary N) is 1. The second kappa shape index (κ2) is 8.31. The lowest BCUT2D eigenvalue weighted by Crippen LogP contribution is -2.30. The molecule has 0 radical (unpaired) electrons. The van der Waals surface area contributed by atoms with Crippen LogP contribution in [0.15, 0.2) is 40.9 Å². The highest BCUT2D eigenvalue weighted by Gasteiger charge is 2.24. The molecular weight excluding hydrogens is 384 g/mol. The number of halogens is 1. The molecule has 8 heteroatoms. The van der Waals surface area contributed by atoms with Crippen LogP contribution < -0.4 is 10.1 Å². The van der Waals surface area contributed by atoms with E-state index in [4.69, 9.17) is 25.5 Å². The number of nitrogens with zero attached hydrogens (tertiary/aromatic N) is 1. The number of carbonyl (C=O) groups excluding carboxylic acids is 2. The largest absolute Gasteiger partial charge is 0.494 e. The molecule has 0 bridgehead atoms. The second-order valence-corrected chi connectivity index (χ2v) is 6.48. The number of carbonyl (C=O) groups is 2. The number of furan rings is 1. The summed E-state index contributed by atoms with van der Waals surface area (Å²) in [5.74, 6) is -0.204. The van der Waals surface area contributed by atoms with Crippen molar-refractivity contribution >= 4 is 40.3 Å². The Kier molecular flexibility index (Phi) is 5.84. The van der Waals surface area contributed by atoms with Crippen LogP contribution in [0.1, 0.15) is 30.0 Å². The molecule has 0 aliphatic rings. The van der Waals surface area contributed by atoms with Gasteiger partial charge >= 0.3 is 5.97 Å². The lowest BCUT2D eigenvalue weighted by atomic mass is 10.1. The van der Waals surface area contributed by atoms with Gasteiger partial charge in [-0.1, -0.05) is 11.6 Å². The van der Waals surface area contributed by atoms with Crippen LogP contribution in [0, 0.1) is 6.92 Å². The number of hydrogen-bond acceptors (Lipinski definition) is 6. The minimum absolute atomic E-state index is 0.0490. The molecular formula is C20H19ClN2O5. The number of rotatable bonds is 6. The number of aromatic nitrogens is 1. The monoisotopic (exact) mass is 402 g/mol. The Bertz CT molecular complexity index is 1010. The van der Waals surface area contributed by atoms with E-state index in [1.165, 1.54) is 13.1 Å². The SMILES string of the molecule is CCOc1ccc2oc(C(=O)O[C@@H](C)C(=O)Nc3ccc(Cl)cn3)c(C)c2c1. The molecule has 1 aromatic carbocycles. The fourth-order valence-electron chi connectivity index (χ4n) is 2.60. The Hall–Kier alpha value is -3.06. The maximum absolute atomic E-state index is 12.5. The lowest BCUT2D eigenvalue weighted by molar-refractivity contribution is -0.123. The quantitative estimate of drug-likeness (QED) is 0.615. The third-order valence-electron chi connectivity index (χ3n) is 4.04. The van der Waals surface area contributed by atoms with E-state index in [2.05, 4.69) is 10.3 Å². The number of hydrogen-bond donors (Lipinski definition) is 1. The minimum Gasteiger partial charge on any atom is -0.494 e. The van der Waals surface area contributed by atoms with Crippen molar-refractivity contribution in [2.75, 3.05) is 11.9 Å². The standard InChI is InChI=1S/C20H19ClN2O5/c1-4-26-14-6-7-16-15(9-14)11(2)18(28-16)20(25)27-12(3)19(24)23-17-8-5-13(21)10-22-17/h5-10,12H,4H2,1-3H3,(H,22,23,24)/t12-/m0/s1. The smallest absolute Gasteiger partial charge is 0.375 e. The Labute approximate surface area is 166 Å². The number of amides is 1. The number of pyridine rings is 1. The average Bonchev–Trinajstić information content (AvgIpc) is 3.00. The average molecular weight is 403 g/mol. The van der Waals surface area contributed by atoms with Crippen molar-refractivity contribution < 1.29 is 23.5 Å². The lowest BCUT2D eigenvalue weighted by Gasteiger charge is -2.12. The van der Waals surface area contributed by atoms with Crippen molar-refractivity contribution in [3.05, 3.63) is 52.9 Å². The molecule has 3 aromatic rings. The Morgan fingerprint density at radius 1 is 1.29 bits per heavy atom. The number of anilines is 1. The molecule has 0 unspecified atom stereocenters.